The summed E-state index contributed by atoms with van der Waals surface area (Å²) >= 11 is 0. The van der Waals surface area contributed by atoms with E-state index in [2.05, 4.69) is 38.3 Å². The van der Waals surface area contributed by atoms with Crippen LogP contribution in [0.5, 0.6) is 0 Å². The molecule has 0 aromatic carbocycles. The third-order valence-corrected chi connectivity index (χ3v) is 2.53. The van der Waals surface area contributed by atoms with Crippen LogP contribution in [-0.4, -0.2) is 17.5 Å². The first-order valence-corrected chi connectivity index (χ1v) is 5.49. The fourth-order valence-corrected chi connectivity index (χ4v) is 2.29. The number of carbonyl (C=O) groups excluding carboxylic acids is 2. The molecule has 0 saturated carbocycles. The van der Waals surface area contributed by atoms with Gasteiger partial charge in [0.1, 0.15) is 5.54 Å². The number of urea groups is 1. The lowest BCUT2D eigenvalue weighted by Gasteiger charge is -2.29. The van der Waals surface area contributed by atoms with Crippen molar-refractivity contribution in [2.24, 2.45) is 11.8 Å². The molecule has 1 saturated heterocycles. The molecule has 0 spiro atoms. The first-order valence-electron chi connectivity index (χ1n) is 5.49. The van der Waals surface area contributed by atoms with Crippen molar-refractivity contribution in [2.75, 3.05) is 0 Å². The number of carbonyl (C=O) groups is 2. The predicted molar refractivity (Wildman–Crippen MR) is 58.3 cm³/mol. The van der Waals surface area contributed by atoms with Gasteiger partial charge in [-0.05, 0) is 24.7 Å². The maximum Gasteiger partial charge on any atom is 0.322 e. The van der Waals surface area contributed by atoms with E-state index in [1.807, 2.05) is 0 Å². The SMILES string of the molecule is CC(C)CC1(CC(C)C)NC(=O)N[11C]1=O. The summed E-state index contributed by atoms with van der Waals surface area (Å²) < 4.78 is 0. The molecule has 1 aliphatic rings. The van der Waals surface area contributed by atoms with Gasteiger partial charge in [0.2, 0.25) is 0 Å². The lowest BCUT2D eigenvalue weighted by Crippen LogP contribution is -2.48. The Kier molecular flexibility index (Phi) is 3.37. The van der Waals surface area contributed by atoms with E-state index < -0.39 is 5.54 Å². The van der Waals surface area contributed by atoms with Gasteiger partial charge in [-0.15, -0.1) is 0 Å². The van der Waals surface area contributed by atoms with Gasteiger partial charge in [-0.1, -0.05) is 27.7 Å². The molecular weight excluding hydrogens is 191 g/mol. The number of hydrogen-bond donors (Lipinski definition) is 2. The van der Waals surface area contributed by atoms with E-state index in [0.717, 1.165) is 0 Å². The summed E-state index contributed by atoms with van der Waals surface area (Å²) in [5.41, 5.74) is -0.681. The topological polar surface area (TPSA) is 58.2 Å². The average molecular weight is 211 g/mol. The van der Waals surface area contributed by atoms with Gasteiger partial charge in [0.05, 0.1) is 0 Å². The highest BCUT2D eigenvalue weighted by Gasteiger charge is 2.46. The lowest BCUT2D eigenvalue weighted by atomic mass is 9.65. The average Bonchev–Trinajstić information content (AvgIpc) is 2.22. The molecule has 4 nitrogen and oxygen atoms in total. The molecule has 1 rings (SSSR count). The van der Waals surface area contributed by atoms with Crippen molar-refractivity contribution in [3.63, 3.8) is 0 Å². The second kappa shape index (κ2) is 4.21. The number of imide groups is 1. The van der Waals surface area contributed by atoms with Crippen LogP contribution >= 0.6 is 0 Å². The molecule has 1 aliphatic heterocycles. The Morgan fingerprint density at radius 2 is 1.53 bits per heavy atom. The van der Waals surface area contributed by atoms with E-state index >= 15 is 0 Å². The highest BCUT2D eigenvalue weighted by molar-refractivity contribution is 6.07. The van der Waals surface area contributed by atoms with Crippen LogP contribution < -0.4 is 10.6 Å². The van der Waals surface area contributed by atoms with E-state index in [4.69, 9.17) is 0 Å². The first kappa shape index (κ1) is 12.0. The molecule has 1 fully saturated rings. The van der Waals surface area contributed by atoms with Crippen molar-refractivity contribution < 1.29 is 9.59 Å². The summed E-state index contributed by atoms with van der Waals surface area (Å²) in [6.45, 7) is 8.22. The second-order valence-corrected chi connectivity index (χ2v) is 5.19. The molecule has 0 radical (unpaired) electrons. The van der Waals surface area contributed by atoms with Crippen LogP contribution in [0.1, 0.15) is 40.5 Å². The number of nitrogens with one attached hydrogen (secondary N) is 2. The normalized spacial score (nSPS) is 19.6. The monoisotopic (exact) mass is 211 g/mol. The molecular formula is C11H20N2O2. The molecule has 3 amide bonds. The van der Waals surface area contributed by atoms with Crippen LogP contribution in [0, 0.1) is 11.8 Å². The highest BCUT2D eigenvalue weighted by atomic mass is 16.2. The third-order valence-electron chi connectivity index (χ3n) is 2.53. The van der Waals surface area contributed by atoms with E-state index in [9.17, 15) is 9.59 Å². The Bertz CT molecular complexity index is 262. The minimum Gasteiger partial charge on any atom is -0.323 e. The summed E-state index contributed by atoms with van der Waals surface area (Å²) in [6, 6.07) is -0.360. The van der Waals surface area contributed by atoms with Crippen molar-refractivity contribution in [3.8, 4) is 0 Å². The standard InChI is InChI=1S/C11H20N2O2/c1-7(2)5-11(6-8(3)4)9(14)12-10(15)13-11/h7-8H,5-6H2,1-4H3,(H2,12,13,14,15)/i9-1. The smallest absolute Gasteiger partial charge is 0.322 e. The van der Waals surface area contributed by atoms with E-state index in [-0.39, 0.29) is 11.9 Å². The highest BCUT2D eigenvalue weighted by Crippen LogP contribution is 2.27. The molecule has 0 aliphatic carbocycles. The Labute approximate surface area is 90.8 Å². The Morgan fingerprint density at radius 3 is 1.80 bits per heavy atom. The zero-order chi connectivity index (χ0) is 11.6. The molecule has 0 bridgehead atoms. The molecule has 0 unspecified atom stereocenters. The van der Waals surface area contributed by atoms with Gasteiger partial charge >= 0.3 is 6.03 Å². The van der Waals surface area contributed by atoms with Crippen molar-refractivity contribution in [3.05, 3.63) is 0 Å². The summed E-state index contributed by atoms with van der Waals surface area (Å²) in [7, 11) is 0. The Morgan fingerprint density at radius 1 is 1.07 bits per heavy atom. The molecule has 0 aromatic rings. The van der Waals surface area contributed by atoms with Crippen LogP contribution in [0.4, 0.5) is 4.79 Å². The van der Waals surface area contributed by atoms with Crippen LogP contribution in [0.25, 0.3) is 0 Å². The van der Waals surface area contributed by atoms with E-state index in [1.165, 1.54) is 0 Å². The maximum absolute atomic E-state index is 11.8. The van der Waals surface area contributed by atoms with Crippen molar-refractivity contribution in [1.29, 1.82) is 0 Å². The molecule has 1 heterocycles. The fraction of sp³-hybridized carbons (Fsp3) is 0.818. The molecule has 15 heavy (non-hydrogen) atoms. The van der Waals surface area contributed by atoms with Gasteiger partial charge in [0.25, 0.3) is 5.91 Å². The van der Waals surface area contributed by atoms with Gasteiger partial charge in [0, 0.05) is 0 Å². The first-order chi connectivity index (χ1) is 6.85. The Balaban J connectivity index is 2.85. The molecule has 0 aromatic heterocycles. The van der Waals surface area contributed by atoms with Gasteiger partial charge in [0.15, 0.2) is 0 Å². The number of hydrogen-bond acceptors (Lipinski definition) is 2. The zero-order valence-electron chi connectivity index (χ0n) is 9.89. The van der Waals surface area contributed by atoms with Crippen molar-refractivity contribution in [2.45, 2.75) is 46.1 Å². The quantitative estimate of drug-likeness (QED) is 0.695. The van der Waals surface area contributed by atoms with Crippen molar-refractivity contribution >= 4 is 11.9 Å². The van der Waals surface area contributed by atoms with Gasteiger partial charge < -0.3 is 5.32 Å². The van der Waals surface area contributed by atoms with Crippen LogP contribution in [0.2, 0.25) is 0 Å². The third kappa shape index (κ3) is 2.70. The predicted octanol–water partition coefficient (Wildman–Crippen LogP) is 1.66. The Hall–Kier alpha value is -1.06. The van der Waals surface area contributed by atoms with Gasteiger partial charge in [-0.2, -0.15) is 0 Å². The molecule has 0 atom stereocenters. The van der Waals surface area contributed by atoms with Crippen LogP contribution in [-0.2, 0) is 4.79 Å². The fourth-order valence-electron chi connectivity index (χ4n) is 2.29. The number of rotatable bonds is 4. The summed E-state index contributed by atoms with van der Waals surface area (Å²) in [6.07, 6.45) is 1.39. The molecule has 86 valence electrons. The second-order valence-electron chi connectivity index (χ2n) is 5.19. The largest absolute Gasteiger partial charge is 0.323 e. The summed E-state index contributed by atoms with van der Waals surface area (Å²) in [5, 5.41) is 5.11. The van der Waals surface area contributed by atoms with E-state index in [0.29, 0.717) is 24.7 Å². The molecule has 4 heteroatoms. The number of amides is 3. The summed E-state index contributed by atoms with van der Waals surface area (Å²) in [4.78, 5) is 23.0. The van der Waals surface area contributed by atoms with Gasteiger partial charge in [-0.25, -0.2) is 4.79 Å². The zero-order valence-corrected chi connectivity index (χ0v) is 9.89. The lowest BCUT2D eigenvalue weighted by molar-refractivity contribution is -0.125. The van der Waals surface area contributed by atoms with Crippen LogP contribution in [0.15, 0.2) is 0 Å². The minimum absolute atomic E-state index is 0.171. The van der Waals surface area contributed by atoms with Crippen LogP contribution in [0.3, 0.4) is 0 Å². The van der Waals surface area contributed by atoms with E-state index in [1.54, 1.807) is 0 Å². The minimum atomic E-state index is -0.681. The maximum atomic E-state index is 11.8. The van der Waals surface area contributed by atoms with Crippen molar-refractivity contribution in [1.82, 2.24) is 10.6 Å². The molecule has 2 N–H and O–H groups in total. The van der Waals surface area contributed by atoms with Gasteiger partial charge in [-0.3, -0.25) is 10.1 Å². The summed E-state index contributed by atoms with van der Waals surface area (Å²) in [5.74, 6) is 0.593.